The highest BCUT2D eigenvalue weighted by Gasteiger charge is 2.32. The molecule has 1 rings (SSSR count). The number of rotatable bonds is 3. The SMILES string of the molecule is O=C(O)c1ccc(C(=O)C(I)(I)I)o1. The maximum Gasteiger partial charge on any atom is 0.371 e. The quantitative estimate of drug-likeness (QED) is 0.370. The van der Waals surface area contributed by atoms with Crippen molar-refractivity contribution in [2.45, 2.75) is -0.565 Å². The molecule has 1 aromatic rings. The van der Waals surface area contributed by atoms with Crippen molar-refractivity contribution in [2.75, 3.05) is 0 Å². The van der Waals surface area contributed by atoms with Gasteiger partial charge in [0.1, 0.15) is 0 Å². The molecule has 1 N–H and O–H groups in total. The second kappa shape index (κ2) is 4.63. The van der Waals surface area contributed by atoms with Crippen molar-refractivity contribution in [1.82, 2.24) is 0 Å². The maximum atomic E-state index is 11.6. The van der Waals surface area contributed by atoms with E-state index in [1.165, 1.54) is 12.1 Å². The lowest BCUT2D eigenvalue weighted by Gasteiger charge is -2.07. The average molecular weight is 532 g/mol. The number of hydrogen-bond donors (Lipinski definition) is 1. The van der Waals surface area contributed by atoms with Gasteiger partial charge in [-0.2, -0.15) is 0 Å². The minimum absolute atomic E-state index is 0.0700. The Morgan fingerprint density at radius 3 is 2.07 bits per heavy atom. The summed E-state index contributed by atoms with van der Waals surface area (Å²) in [6, 6.07) is 2.64. The fourth-order valence-electron chi connectivity index (χ4n) is 0.715. The molecular weight excluding hydrogens is 529 g/mol. The normalized spacial score (nSPS) is 11.4. The Morgan fingerprint density at radius 2 is 1.71 bits per heavy atom. The zero-order valence-electron chi connectivity index (χ0n) is 6.46. The minimum Gasteiger partial charge on any atom is -0.475 e. The third-order valence-corrected chi connectivity index (χ3v) is 2.77. The number of carboxylic acids is 1. The molecule has 1 aromatic heterocycles. The van der Waals surface area contributed by atoms with E-state index in [-0.39, 0.29) is 17.3 Å². The van der Waals surface area contributed by atoms with Gasteiger partial charge in [-0.25, -0.2) is 4.79 Å². The molecule has 0 radical (unpaired) electrons. The van der Waals surface area contributed by atoms with E-state index in [0.29, 0.717) is 0 Å². The van der Waals surface area contributed by atoms with E-state index in [4.69, 9.17) is 9.52 Å². The van der Waals surface area contributed by atoms with Crippen molar-refractivity contribution in [3.8, 4) is 0 Å². The third-order valence-electron chi connectivity index (χ3n) is 1.30. The standard InChI is InChI=1S/C7H3I3O4/c8-7(9,10)5(11)3-1-2-4(14-3)6(12)13/h1-2H,(H,12,13). The lowest BCUT2D eigenvalue weighted by atomic mass is 10.3. The molecule has 0 saturated carbocycles. The van der Waals surface area contributed by atoms with Gasteiger partial charge in [0.2, 0.25) is 11.5 Å². The van der Waals surface area contributed by atoms with Gasteiger partial charge in [-0.1, -0.05) is 0 Å². The van der Waals surface area contributed by atoms with Crippen LogP contribution in [-0.4, -0.2) is 16.3 Å². The molecule has 0 aliphatic carbocycles. The molecule has 0 amide bonds. The van der Waals surface area contributed by atoms with E-state index in [1.54, 1.807) is 0 Å². The number of Topliss-reactive ketones (excluding diaryl/α,β-unsaturated/α-hetero) is 1. The number of alkyl halides is 3. The third kappa shape index (κ3) is 3.05. The highest BCUT2D eigenvalue weighted by Crippen LogP contribution is 2.38. The predicted octanol–water partition coefficient (Wildman–Crippen LogP) is 3.12. The number of carbonyl (C=O) groups excluding carboxylic acids is 1. The van der Waals surface area contributed by atoms with Crippen LogP contribution in [0, 0.1) is 0 Å². The summed E-state index contributed by atoms with van der Waals surface area (Å²) in [4.78, 5) is 22.1. The first-order valence-corrected chi connectivity index (χ1v) is 6.50. The molecule has 0 atom stereocenters. The van der Waals surface area contributed by atoms with Gasteiger partial charge in [-0.3, -0.25) is 4.79 Å². The maximum absolute atomic E-state index is 11.6. The Morgan fingerprint density at radius 1 is 1.21 bits per heavy atom. The highest BCUT2D eigenvalue weighted by atomic mass is 127. The van der Waals surface area contributed by atoms with Crippen molar-refractivity contribution in [2.24, 2.45) is 0 Å². The monoisotopic (exact) mass is 532 g/mol. The highest BCUT2D eigenvalue weighted by molar-refractivity contribution is 14.3. The molecule has 0 aromatic carbocycles. The summed E-state index contributed by atoms with van der Waals surface area (Å²) in [6.45, 7) is 0. The minimum atomic E-state index is -1.18. The first-order chi connectivity index (χ1) is 6.32. The topological polar surface area (TPSA) is 67.5 Å². The molecule has 0 fully saturated rings. The molecule has 0 aliphatic heterocycles. The smallest absolute Gasteiger partial charge is 0.371 e. The first-order valence-electron chi connectivity index (χ1n) is 3.27. The van der Waals surface area contributed by atoms with Crippen LogP contribution in [0.3, 0.4) is 0 Å². The second-order valence-corrected chi connectivity index (χ2v) is 13.3. The van der Waals surface area contributed by atoms with Gasteiger partial charge < -0.3 is 9.52 Å². The van der Waals surface area contributed by atoms with Crippen LogP contribution in [0.25, 0.3) is 0 Å². The molecule has 0 bridgehead atoms. The predicted molar refractivity (Wildman–Crippen MR) is 74.8 cm³/mol. The van der Waals surface area contributed by atoms with E-state index < -0.39 is 5.40 Å². The molecule has 7 heteroatoms. The zero-order chi connectivity index (χ0) is 10.9. The summed E-state index contributed by atoms with van der Waals surface area (Å²) in [6.07, 6.45) is 0. The van der Waals surface area contributed by atoms with E-state index in [1.807, 2.05) is 67.8 Å². The Balaban J connectivity index is 2.99. The van der Waals surface area contributed by atoms with Crippen molar-refractivity contribution in [3.05, 3.63) is 23.7 Å². The Kier molecular flexibility index (Phi) is 4.20. The van der Waals surface area contributed by atoms with Crippen molar-refractivity contribution in [1.29, 1.82) is 0 Å². The summed E-state index contributed by atoms with van der Waals surface area (Å²) < 4.78 is 4.22. The number of aromatic carboxylic acids is 1. The van der Waals surface area contributed by atoms with Crippen LogP contribution in [0.5, 0.6) is 0 Å². The van der Waals surface area contributed by atoms with Gasteiger partial charge >= 0.3 is 5.97 Å². The van der Waals surface area contributed by atoms with E-state index >= 15 is 0 Å². The number of halogens is 3. The fraction of sp³-hybridized carbons (Fsp3) is 0.143. The van der Waals surface area contributed by atoms with Crippen LogP contribution in [0.2, 0.25) is 0 Å². The molecule has 0 aliphatic rings. The molecule has 4 nitrogen and oxygen atoms in total. The number of carbonyl (C=O) groups is 2. The molecule has 0 spiro atoms. The Labute approximate surface area is 120 Å². The molecule has 0 saturated heterocycles. The van der Waals surface area contributed by atoms with Gasteiger partial charge in [0, 0.05) is 0 Å². The summed E-state index contributed by atoms with van der Waals surface area (Å²) in [5, 5.41) is 8.57. The fourth-order valence-corrected chi connectivity index (χ4v) is 1.51. The number of carboxylic acid groups (broad SMARTS) is 1. The molecule has 14 heavy (non-hydrogen) atoms. The van der Waals surface area contributed by atoms with Gasteiger partial charge in [0.05, 0.1) is 0 Å². The zero-order valence-corrected chi connectivity index (χ0v) is 12.9. The molecular formula is C7H3I3O4. The lowest BCUT2D eigenvalue weighted by molar-refractivity contribution is 0.0660. The Hall–Kier alpha value is 0.610. The number of furan rings is 1. The van der Waals surface area contributed by atoms with Crippen LogP contribution in [-0.2, 0) is 0 Å². The summed E-state index contributed by atoms with van der Waals surface area (Å²) in [5.41, 5.74) is 0. The number of ketones is 1. The van der Waals surface area contributed by atoms with Crippen molar-refractivity contribution < 1.29 is 19.1 Å². The van der Waals surface area contributed by atoms with Gasteiger partial charge in [-0.05, 0) is 79.9 Å². The van der Waals surface area contributed by atoms with Crippen molar-refractivity contribution >= 4 is 79.5 Å². The van der Waals surface area contributed by atoms with Crippen molar-refractivity contribution in [3.63, 3.8) is 0 Å². The van der Waals surface area contributed by atoms with Gasteiger partial charge in [0.15, 0.2) is 5.20 Å². The van der Waals surface area contributed by atoms with Crippen LogP contribution in [0.1, 0.15) is 21.1 Å². The summed E-state index contributed by atoms with van der Waals surface area (Å²) in [7, 11) is 0. The van der Waals surface area contributed by atoms with Gasteiger partial charge in [-0.15, -0.1) is 0 Å². The summed E-state index contributed by atoms with van der Waals surface area (Å²) >= 11 is 5.85. The van der Waals surface area contributed by atoms with E-state index in [2.05, 4.69) is 0 Å². The number of hydrogen-bond acceptors (Lipinski definition) is 3. The van der Waals surface area contributed by atoms with E-state index in [9.17, 15) is 9.59 Å². The lowest BCUT2D eigenvalue weighted by Crippen LogP contribution is -2.15. The molecule has 1 heterocycles. The van der Waals surface area contributed by atoms with Crippen LogP contribution >= 0.6 is 67.8 Å². The van der Waals surface area contributed by atoms with Crippen LogP contribution in [0.15, 0.2) is 16.5 Å². The first kappa shape index (κ1) is 12.7. The molecule has 0 unspecified atom stereocenters. The Bertz CT molecular complexity index is 377. The summed E-state index contributed by atoms with van der Waals surface area (Å²) in [5.74, 6) is -1.57. The average Bonchev–Trinajstić information content (AvgIpc) is 2.48. The van der Waals surface area contributed by atoms with Crippen LogP contribution < -0.4 is 0 Å². The van der Waals surface area contributed by atoms with E-state index in [0.717, 1.165) is 0 Å². The molecule has 76 valence electrons. The van der Waals surface area contributed by atoms with Gasteiger partial charge in [0.25, 0.3) is 0 Å². The largest absolute Gasteiger partial charge is 0.475 e. The second-order valence-electron chi connectivity index (χ2n) is 2.30. The van der Waals surface area contributed by atoms with Crippen LogP contribution in [0.4, 0.5) is 0 Å².